The minimum Gasteiger partial charge on any atom is -0.633 e. The van der Waals surface area contributed by atoms with Crippen LogP contribution in [-0.4, -0.2) is 44.6 Å². The smallest absolute Gasteiger partial charge is 0.169 e. The molecule has 126 valence electrons. The first-order chi connectivity index (χ1) is 11.5. The fraction of sp³-hybridized carbons (Fsp3) is 0.474. The van der Waals surface area contributed by atoms with Crippen molar-refractivity contribution in [1.82, 2.24) is 0 Å². The highest BCUT2D eigenvalue weighted by molar-refractivity contribution is 5.67. The van der Waals surface area contributed by atoms with E-state index < -0.39 is 0 Å². The van der Waals surface area contributed by atoms with Crippen LogP contribution in [0, 0.1) is 5.21 Å². The van der Waals surface area contributed by atoms with Gasteiger partial charge in [0, 0.05) is 24.0 Å². The molecule has 5 nitrogen and oxygen atoms in total. The number of hydrogen-bond donors (Lipinski definition) is 0. The van der Waals surface area contributed by atoms with Crippen molar-refractivity contribution in [3.05, 3.63) is 52.0 Å². The van der Waals surface area contributed by atoms with Gasteiger partial charge >= 0.3 is 0 Å². The maximum Gasteiger partial charge on any atom is 0.169 e. The van der Waals surface area contributed by atoms with Crippen LogP contribution in [0.3, 0.4) is 0 Å². The molecule has 0 amide bonds. The number of benzene rings is 1. The van der Waals surface area contributed by atoms with Crippen LogP contribution < -0.4 is 9.47 Å². The van der Waals surface area contributed by atoms with Crippen LogP contribution in [0.4, 0.5) is 0 Å². The van der Waals surface area contributed by atoms with Crippen LogP contribution in [0.25, 0.3) is 0 Å². The van der Waals surface area contributed by atoms with Gasteiger partial charge in [-0.2, -0.15) is 0 Å². The molecule has 24 heavy (non-hydrogen) atoms. The minimum absolute atomic E-state index is 0.0497. The highest BCUT2D eigenvalue weighted by Crippen LogP contribution is 2.63. The summed E-state index contributed by atoms with van der Waals surface area (Å²) in [5, 5.41) is 13.1. The van der Waals surface area contributed by atoms with Gasteiger partial charge < -0.3 is 24.1 Å². The SMILES string of the molecule is COC1=CC=C2[C@H]3Cc4ccc(OC)c5c4[C@@]2(CC[N+]3(C)[O-])C1O5. The fourth-order valence-corrected chi connectivity index (χ4v) is 5.24. The Labute approximate surface area is 141 Å². The van der Waals surface area contributed by atoms with Crippen LogP contribution in [0.1, 0.15) is 17.5 Å². The number of quaternary nitrogens is 1. The predicted molar refractivity (Wildman–Crippen MR) is 88.8 cm³/mol. The van der Waals surface area contributed by atoms with Gasteiger partial charge in [-0.05, 0) is 17.7 Å². The van der Waals surface area contributed by atoms with Crippen molar-refractivity contribution in [2.75, 3.05) is 27.8 Å². The van der Waals surface area contributed by atoms with Crippen molar-refractivity contribution in [3.8, 4) is 11.5 Å². The number of allylic oxidation sites excluding steroid dienone is 2. The fourth-order valence-electron chi connectivity index (χ4n) is 5.24. The first-order valence-electron chi connectivity index (χ1n) is 8.42. The Morgan fingerprint density at radius 1 is 1.25 bits per heavy atom. The Morgan fingerprint density at radius 2 is 2.08 bits per heavy atom. The van der Waals surface area contributed by atoms with Gasteiger partial charge in [-0.1, -0.05) is 12.1 Å². The molecule has 1 aromatic rings. The Morgan fingerprint density at radius 3 is 2.83 bits per heavy atom. The topological polar surface area (TPSA) is 50.8 Å². The van der Waals surface area contributed by atoms with Gasteiger partial charge in [0.25, 0.3) is 0 Å². The maximum atomic E-state index is 13.1. The molecule has 1 fully saturated rings. The van der Waals surface area contributed by atoms with Crippen molar-refractivity contribution in [1.29, 1.82) is 0 Å². The number of likely N-dealkylation sites (N-methyl/N-ethyl adjacent to an activating group) is 1. The monoisotopic (exact) mass is 327 g/mol. The number of piperidine rings is 1. The standard InChI is InChI=1S/C19H21NO4/c1-20(21)9-8-19-12-5-7-15(23-3)18(19)24-17-14(22-2)6-4-11(16(17)19)10-13(12)20/h4-7,13,18H,8-10H2,1-3H3/t13-,18?,19+,20?/m1/s1. The third-order valence-corrected chi connectivity index (χ3v) is 6.38. The highest BCUT2D eigenvalue weighted by atomic mass is 16.6. The first kappa shape index (κ1) is 14.4. The van der Waals surface area contributed by atoms with E-state index >= 15 is 0 Å². The van der Waals surface area contributed by atoms with E-state index in [0.717, 1.165) is 30.1 Å². The van der Waals surface area contributed by atoms with E-state index in [1.54, 1.807) is 21.3 Å². The molecule has 2 aliphatic heterocycles. The number of hydroxylamine groups is 3. The molecule has 0 radical (unpaired) electrons. The van der Waals surface area contributed by atoms with Gasteiger partial charge in [-0.25, -0.2) is 0 Å². The van der Waals surface area contributed by atoms with E-state index in [0.29, 0.717) is 6.54 Å². The third kappa shape index (κ3) is 1.44. The molecule has 1 spiro atoms. The number of ether oxygens (including phenoxy) is 3. The number of rotatable bonds is 2. The molecule has 2 unspecified atom stereocenters. The zero-order valence-electron chi connectivity index (χ0n) is 14.2. The molecule has 2 heterocycles. The minimum atomic E-state index is -0.273. The van der Waals surface area contributed by atoms with E-state index in [9.17, 15) is 5.21 Å². The Kier molecular flexibility index (Phi) is 2.60. The Bertz CT molecular complexity index is 810. The summed E-state index contributed by atoms with van der Waals surface area (Å²) >= 11 is 0. The van der Waals surface area contributed by atoms with Crippen LogP contribution in [0.2, 0.25) is 0 Å². The molecule has 0 saturated carbocycles. The molecular formula is C19H21NO4. The van der Waals surface area contributed by atoms with Crippen LogP contribution in [-0.2, 0) is 16.6 Å². The lowest BCUT2D eigenvalue weighted by Gasteiger charge is -2.58. The van der Waals surface area contributed by atoms with E-state index in [4.69, 9.17) is 14.2 Å². The second kappa shape index (κ2) is 4.35. The van der Waals surface area contributed by atoms with Gasteiger partial charge in [0.2, 0.25) is 0 Å². The Hall–Kier alpha value is -1.98. The molecule has 0 aromatic heterocycles. The van der Waals surface area contributed by atoms with E-state index in [1.807, 2.05) is 12.1 Å². The van der Waals surface area contributed by atoms with Gasteiger partial charge in [0.05, 0.1) is 33.2 Å². The van der Waals surface area contributed by atoms with E-state index in [1.165, 1.54) is 16.7 Å². The highest BCUT2D eigenvalue weighted by Gasteiger charge is 2.64. The number of likely N-dealkylation sites (tertiary alicyclic amines) is 1. The number of methoxy groups -OCH3 is 2. The average molecular weight is 327 g/mol. The summed E-state index contributed by atoms with van der Waals surface area (Å²) in [6.45, 7) is 0.592. The van der Waals surface area contributed by atoms with Crippen LogP contribution in [0.15, 0.2) is 35.6 Å². The normalized spacial score (nSPS) is 37.8. The van der Waals surface area contributed by atoms with Gasteiger partial charge in [0.15, 0.2) is 17.6 Å². The molecule has 0 N–H and O–H groups in total. The van der Waals surface area contributed by atoms with Crippen molar-refractivity contribution < 1.29 is 18.9 Å². The average Bonchev–Trinajstić information content (AvgIpc) is 2.93. The quantitative estimate of drug-likeness (QED) is 0.618. The summed E-state index contributed by atoms with van der Waals surface area (Å²) in [5.41, 5.74) is 3.37. The molecule has 2 bridgehead atoms. The summed E-state index contributed by atoms with van der Waals surface area (Å²) in [6, 6.07) is 4.01. The molecule has 2 aliphatic carbocycles. The summed E-state index contributed by atoms with van der Waals surface area (Å²) in [7, 11) is 5.15. The second-order valence-corrected chi connectivity index (χ2v) is 7.36. The molecule has 1 saturated heterocycles. The lowest BCUT2D eigenvalue weighted by atomic mass is 9.57. The molecule has 5 rings (SSSR count). The van der Waals surface area contributed by atoms with Gasteiger partial charge in [0.1, 0.15) is 11.8 Å². The summed E-state index contributed by atoms with van der Waals surface area (Å²) in [6.07, 6.45) is 5.41. The predicted octanol–water partition coefficient (Wildman–Crippen LogP) is 2.44. The largest absolute Gasteiger partial charge is 0.633 e. The van der Waals surface area contributed by atoms with Crippen molar-refractivity contribution in [2.45, 2.75) is 30.4 Å². The van der Waals surface area contributed by atoms with Gasteiger partial charge in [-0.3, -0.25) is 0 Å². The molecule has 4 atom stereocenters. The summed E-state index contributed by atoms with van der Waals surface area (Å²) < 4.78 is 17.4. The van der Waals surface area contributed by atoms with Gasteiger partial charge in [-0.15, -0.1) is 0 Å². The van der Waals surface area contributed by atoms with Crippen LogP contribution >= 0.6 is 0 Å². The van der Waals surface area contributed by atoms with Crippen LogP contribution in [0.5, 0.6) is 11.5 Å². The first-order valence-corrected chi connectivity index (χ1v) is 8.42. The molecular weight excluding hydrogens is 306 g/mol. The Balaban J connectivity index is 1.84. The maximum absolute atomic E-state index is 13.1. The lowest BCUT2D eigenvalue weighted by molar-refractivity contribution is -0.886. The third-order valence-electron chi connectivity index (χ3n) is 6.38. The van der Waals surface area contributed by atoms with Crippen molar-refractivity contribution in [3.63, 3.8) is 0 Å². The lowest BCUT2D eigenvalue weighted by Crippen LogP contribution is -2.64. The second-order valence-electron chi connectivity index (χ2n) is 7.36. The van der Waals surface area contributed by atoms with E-state index in [-0.39, 0.29) is 22.2 Å². The zero-order chi connectivity index (χ0) is 16.7. The molecule has 4 aliphatic rings. The molecule has 1 aromatic carbocycles. The number of hydrogen-bond acceptors (Lipinski definition) is 4. The summed E-state index contributed by atoms with van der Waals surface area (Å²) in [5.74, 6) is 2.41. The van der Waals surface area contributed by atoms with Crippen molar-refractivity contribution in [2.24, 2.45) is 0 Å². The molecule has 5 heteroatoms. The number of nitrogens with zero attached hydrogens (tertiary/aromatic N) is 1. The van der Waals surface area contributed by atoms with Crippen molar-refractivity contribution >= 4 is 0 Å². The summed E-state index contributed by atoms with van der Waals surface area (Å²) in [4.78, 5) is 0. The zero-order valence-corrected chi connectivity index (χ0v) is 14.2. The van der Waals surface area contributed by atoms with E-state index in [2.05, 4.69) is 12.1 Å².